The summed E-state index contributed by atoms with van der Waals surface area (Å²) in [4.78, 5) is 10.6. The number of esters is 1. The van der Waals surface area contributed by atoms with Crippen LogP contribution in [0.25, 0.3) is 0 Å². The first-order valence-electron chi connectivity index (χ1n) is 4.16. The van der Waals surface area contributed by atoms with E-state index < -0.39 is 6.10 Å². The van der Waals surface area contributed by atoms with Crippen LogP contribution in [0.15, 0.2) is 24.3 Å². The third-order valence-corrected chi connectivity index (χ3v) is 1.96. The maximum absolute atomic E-state index is 10.6. The van der Waals surface area contributed by atoms with E-state index in [4.69, 9.17) is 16.3 Å². The van der Waals surface area contributed by atoms with Gasteiger partial charge >= 0.3 is 5.97 Å². The van der Waals surface area contributed by atoms with Crippen LogP contribution in [0, 0.1) is 0 Å². The molecule has 0 aliphatic heterocycles. The zero-order chi connectivity index (χ0) is 10.6. The molecular weight excluding hydrogens is 204 g/mol. The summed E-state index contributed by atoms with van der Waals surface area (Å²) in [6, 6.07) is 6.58. The van der Waals surface area contributed by atoms with Crippen LogP contribution in [-0.4, -0.2) is 17.0 Å². The zero-order valence-corrected chi connectivity index (χ0v) is 8.49. The molecule has 1 aromatic rings. The van der Waals surface area contributed by atoms with Crippen molar-refractivity contribution in [2.75, 3.05) is 5.88 Å². The summed E-state index contributed by atoms with van der Waals surface area (Å²) in [5, 5.41) is 9.36. The Hall–Kier alpha value is -1.06. The number of hydrogen-bond acceptors (Lipinski definition) is 3. The standard InChI is InChI=1S/C10H11ClO3/c1-7(12)14-9-4-2-8(3-5-9)10(13)6-11/h2-5,10,13H,6H2,1H3/t10-/m1/s1. The lowest BCUT2D eigenvalue weighted by Crippen LogP contribution is -2.02. The molecule has 76 valence electrons. The fourth-order valence-corrected chi connectivity index (χ4v) is 1.19. The van der Waals surface area contributed by atoms with Crippen LogP contribution in [0.4, 0.5) is 0 Å². The molecule has 0 aliphatic rings. The molecule has 1 aromatic carbocycles. The Balaban J connectivity index is 2.73. The third-order valence-electron chi connectivity index (χ3n) is 1.67. The first-order chi connectivity index (χ1) is 6.63. The average Bonchev–Trinajstić information content (AvgIpc) is 2.17. The van der Waals surface area contributed by atoms with Crippen molar-refractivity contribution < 1.29 is 14.6 Å². The number of carbonyl (C=O) groups excluding carboxylic acids is 1. The Morgan fingerprint density at radius 1 is 1.50 bits per heavy atom. The van der Waals surface area contributed by atoms with Gasteiger partial charge in [0.2, 0.25) is 0 Å². The number of ether oxygens (including phenoxy) is 1. The molecule has 1 rings (SSSR count). The van der Waals surface area contributed by atoms with Crippen LogP contribution >= 0.6 is 11.6 Å². The Morgan fingerprint density at radius 2 is 2.07 bits per heavy atom. The minimum Gasteiger partial charge on any atom is -0.427 e. The molecule has 0 radical (unpaired) electrons. The lowest BCUT2D eigenvalue weighted by molar-refractivity contribution is -0.131. The predicted octanol–water partition coefficient (Wildman–Crippen LogP) is 1.88. The van der Waals surface area contributed by atoms with E-state index in [-0.39, 0.29) is 11.8 Å². The van der Waals surface area contributed by atoms with Gasteiger partial charge in [0.25, 0.3) is 0 Å². The van der Waals surface area contributed by atoms with Crippen LogP contribution in [0.3, 0.4) is 0 Å². The SMILES string of the molecule is CC(=O)Oc1ccc([C@H](O)CCl)cc1. The number of aliphatic hydroxyl groups is 1. The number of benzene rings is 1. The molecule has 0 aromatic heterocycles. The molecule has 3 nitrogen and oxygen atoms in total. The van der Waals surface area contributed by atoms with Crippen molar-refractivity contribution in [2.45, 2.75) is 13.0 Å². The Bertz CT molecular complexity index is 308. The van der Waals surface area contributed by atoms with Crippen molar-refractivity contribution in [3.05, 3.63) is 29.8 Å². The number of rotatable bonds is 3. The predicted molar refractivity (Wildman–Crippen MR) is 53.4 cm³/mol. The van der Waals surface area contributed by atoms with Crippen LogP contribution < -0.4 is 4.74 Å². The molecule has 0 aliphatic carbocycles. The summed E-state index contributed by atoms with van der Waals surface area (Å²) >= 11 is 5.48. The maximum Gasteiger partial charge on any atom is 0.308 e. The van der Waals surface area contributed by atoms with Gasteiger partial charge in [0.15, 0.2) is 0 Å². The van der Waals surface area contributed by atoms with Crippen molar-refractivity contribution >= 4 is 17.6 Å². The van der Waals surface area contributed by atoms with E-state index in [0.29, 0.717) is 11.3 Å². The first-order valence-corrected chi connectivity index (χ1v) is 4.69. The molecule has 4 heteroatoms. The first kappa shape index (κ1) is 11.0. The molecule has 0 spiro atoms. The molecule has 14 heavy (non-hydrogen) atoms. The second kappa shape index (κ2) is 4.98. The minimum atomic E-state index is -0.678. The quantitative estimate of drug-likeness (QED) is 0.475. The number of aliphatic hydroxyl groups excluding tert-OH is 1. The van der Waals surface area contributed by atoms with Gasteiger partial charge < -0.3 is 9.84 Å². The number of hydrogen-bond donors (Lipinski definition) is 1. The number of alkyl halides is 1. The molecule has 1 N–H and O–H groups in total. The Kier molecular flexibility index (Phi) is 3.92. The molecule has 0 heterocycles. The van der Waals surface area contributed by atoms with Gasteiger partial charge in [-0.25, -0.2) is 0 Å². The molecule has 1 atom stereocenters. The second-order valence-electron chi connectivity index (χ2n) is 2.83. The van der Waals surface area contributed by atoms with E-state index in [0.717, 1.165) is 0 Å². The van der Waals surface area contributed by atoms with Crippen LogP contribution in [0.5, 0.6) is 5.75 Å². The van der Waals surface area contributed by atoms with Gasteiger partial charge in [-0.2, -0.15) is 0 Å². The summed E-state index contributed by atoms with van der Waals surface area (Å²) in [7, 11) is 0. The van der Waals surface area contributed by atoms with Crippen molar-refractivity contribution in [1.82, 2.24) is 0 Å². The van der Waals surface area contributed by atoms with Gasteiger partial charge in [0.1, 0.15) is 5.75 Å². The smallest absolute Gasteiger partial charge is 0.308 e. The average molecular weight is 215 g/mol. The monoisotopic (exact) mass is 214 g/mol. The highest BCUT2D eigenvalue weighted by Gasteiger charge is 2.05. The maximum atomic E-state index is 10.6. The summed E-state index contributed by atoms with van der Waals surface area (Å²) in [5.41, 5.74) is 0.705. The van der Waals surface area contributed by atoms with Gasteiger partial charge in [0, 0.05) is 6.92 Å². The number of halogens is 1. The van der Waals surface area contributed by atoms with Crippen molar-refractivity contribution in [3.8, 4) is 5.75 Å². The molecule has 0 amide bonds. The minimum absolute atomic E-state index is 0.146. The van der Waals surface area contributed by atoms with Crippen LogP contribution in [0.1, 0.15) is 18.6 Å². The highest BCUT2D eigenvalue weighted by molar-refractivity contribution is 6.18. The van der Waals surface area contributed by atoms with E-state index in [1.807, 2.05) is 0 Å². The summed E-state index contributed by atoms with van der Waals surface area (Å²) in [6.45, 7) is 1.33. The fraction of sp³-hybridized carbons (Fsp3) is 0.300. The van der Waals surface area contributed by atoms with Gasteiger partial charge in [-0.05, 0) is 17.7 Å². The van der Waals surface area contributed by atoms with Crippen LogP contribution in [0.2, 0.25) is 0 Å². The van der Waals surface area contributed by atoms with Crippen molar-refractivity contribution in [2.24, 2.45) is 0 Å². The number of carbonyl (C=O) groups is 1. The lowest BCUT2D eigenvalue weighted by atomic mass is 10.1. The molecule has 0 fully saturated rings. The molecular formula is C10H11ClO3. The third kappa shape index (κ3) is 3.01. The molecule has 0 saturated carbocycles. The van der Waals surface area contributed by atoms with E-state index in [2.05, 4.69) is 0 Å². The highest BCUT2D eigenvalue weighted by atomic mass is 35.5. The lowest BCUT2D eigenvalue weighted by Gasteiger charge is -2.07. The molecule has 0 saturated heterocycles. The Labute approximate surface area is 87.3 Å². The van der Waals surface area contributed by atoms with E-state index in [1.54, 1.807) is 24.3 Å². The topological polar surface area (TPSA) is 46.5 Å². The summed E-state index contributed by atoms with van der Waals surface area (Å²) in [6.07, 6.45) is -0.678. The fourth-order valence-electron chi connectivity index (χ4n) is 1.01. The summed E-state index contributed by atoms with van der Waals surface area (Å²) in [5.74, 6) is 0.242. The molecule has 0 unspecified atom stereocenters. The Morgan fingerprint density at radius 3 is 2.50 bits per heavy atom. The van der Waals surface area contributed by atoms with Crippen molar-refractivity contribution in [3.63, 3.8) is 0 Å². The highest BCUT2D eigenvalue weighted by Crippen LogP contribution is 2.18. The van der Waals surface area contributed by atoms with Gasteiger partial charge in [-0.1, -0.05) is 12.1 Å². The van der Waals surface area contributed by atoms with E-state index >= 15 is 0 Å². The van der Waals surface area contributed by atoms with Crippen LogP contribution in [-0.2, 0) is 4.79 Å². The zero-order valence-electron chi connectivity index (χ0n) is 7.74. The van der Waals surface area contributed by atoms with Gasteiger partial charge in [0.05, 0.1) is 12.0 Å². The van der Waals surface area contributed by atoms with E-state index in [9.17, 15) is 9.90 Å². The van der Waals surface area contributed by atoms with Gasteiger partial charge in [-0.15, -0.1) is 11.6 Å². The summed E-state index contributed by atoms with van der Waals surface area (Å²) < 4.78 is 4.83. The van der Waals surface area contributed by atoms with E-state index in [1.165, 1.54) is 6.92 Å². The normalized spacial score (nSPS) is 12.2. The largest absolute Gasteiger partial charge is 0.427 e. The van der Waals surface area contributed by atoms with Gasteiger partial charge in [-0.3, -0.25) is 4.79 Å². The second-order valence-corrected chi connectivity index (χ2v) is 3.14. The molecule has 0 bridgehead atoms. The van der Waals surface area contributed by atoms with Crippen molar-refractivity contribution in [1.29, 1.82) is 0 Å².